The summed E-state index contributed by atoms with van der Waals surface area (Å²) in [6.07, 6.45) is 1.41. The summed E-state index contributed by atoms with van der Waals surface area (Å²) < 4.78 is 32.3. The summed E-state index contributed by atoms with van der Waals surface area (Å²) in [5.74, 6) is 8.10. The Bertz CT molecular complexity index is 1900. The summed E-state index contributed by atoms with van der Waals surface area (Å²) >= 11 is -1.86. The molecule has 3 aromatic carbocycles. The predicted octanol–water partition coefficient (Wildman–Crippen LogP) is 7.92. The van der Waals surface area contributed by atoms with Gasteiger partial charge < -0.3 is 4.42 Å². The average Bonchev–Trinajstić information content (AvgIpc) is 3.36. The Labute approximate surface area is 262 Å². The molecule has 1 radical (unpaired) electrons. The Kier molecular flexibility index (Phi) is 8.31. The second-order valence-corrected chi connectivity index (χ2v) is 22.1. The second-order valence-electron chi connectivity index (χ2n) is 11.5. The van der Waals surface area contributed by atoms with Gasteiger partial charge in [-0.15, -0.1) is 18.2 Å². The van der Waals surface area contributed by atoms with Gasteiger partial charge in [-0.05, 0) is 23.9 Å². The van der Waals surface area contributed by atoms with E-state index in [-0.39, 0.29) is 31.8 Å². The molecular formula is C34H34GeIrN4O-2. The van der Waals surface area contributed by atoms with Gasteiger partial charge in [0, 0.05) is 40.1 Å². The van der Waals surface area contributed by atoms with Crippen molar-refractivity contribution in [3.05, 3.63) is 103 Å². The summed E-state index contributed by atoms with van der Waals surface area (Å²) in [4.78, 5) is 17.7. The molecule has 3 aromatic heterocycles. The Balaban J connectivity index is 0.000000223. The summed E-state index contributed by atoms with van der Waals surface area (Å²) in [6, 6.07) is 27.6. The molecule has 0 saturated carbocycles. The van der Waals surface area contributed by atoms with Gasteiger partial charge >= 0.3 is 99.0 Å². The standard InChI is InChI=1S/C21H19N2O.C13H15GeN2.Ir/c1-21(2,3)13-14-11-12-22-20(23-14)17-9-6-8-16-15-7-4-5-10-18(15)24-19(16)17;1-14(2,3)12-9-10-15-13(16-12)11-7-5-4-6-8-11;/h4-8,10-12H,13H2,1-3H3;4-7,9-10H,1-3H3;/q2*-1;/i11D,13D2;;. The van der Waals surface area contributed by atoms with Gasteiger partial charge in [-0.3, -0.25) is 9.97 Å². The van der Waals surface area contributed by atoms with E-state index in [1.165, 1.54) is 10.7 Å². The SMILES string of the molecule is [2H]c1cnc(-c2[c-]ccc3c2oc2ccccc23)nc1C([2H])([2H])C(C)(C)C.[CH3][Ge]([CH3])([CH3])[c]1ccnc(-c2[c-]cccc2)n1.[Ir]. The van der Waals surface area contributed by atoms with E-state index in [2.05, 4.69) is 49.3 Å². The van der Waals surface area contributed by atoms with Crippen molar-refractivity contribution in [2.75, 3.05) is 0 Å². The molecule has 7 heteroatoms. The summed E-state index contributed by atoms with van der Waals surface area (Å²) in [6.45, 7) is 5.38. The van der Waals surface area contributed by atoms with Crippen molar-refractivity contribution >= 4 is 39.7 Å². The fourth-order valence-corrected chi connectivity index (χ4v) is 6.29. The van der Waals surface area contributed by atoms with Gasteiger partial charge in [-0.1, -0.05) is 49.9 Å². The van der Waals surface area contributed by atoms with Crippen LogP contribution in [0.25, 0.3) is 44.7 Å². The van der Waals surface area contributed by atoms with Crippen molar-refractivity contribution in [2.45, 2.75) is 44.4 Å². The maximum absolute atomic E-state index is 8.49. The van der Waals surface area contributed by atoms with Crippen LogP contribution in [0.5, 0.6) is 0 Å². The number of furan rings is 1. The number of nitrogens with zero attached hydrogens (tertiary/aromatic N) is 4. The van der Waals surface area contributed by atoms with Crippen LogP contribution in [0.2, 0.25) is 17.3 Å². The normalized spacial score (nSPS) is 13.0. The molecule has 0 atom stereocenters. The first-order valence-corrected chi connectivity index (χ1v) is 20.6. The Morgan fingerprint density at radius 2 is 1.61 bits per heavy atom. The van der Waals surface area contributed by atoms with Crippen LogP contribution in [0.4, 0.5) is 0 Å². The number of aromatic nitrogens is 4. The summed E-state index contributed by atoms with van der Waals surface area (Å²) in [5, 5.41) is 1.92. The molecule has 0 saturated heterocycles. The molecule has 0 aliphatic heterocycles. The molecule has 0 aliphatic carbocycles. The molecule has 0 amide bonds. The van der Waals surface area contributed by atoms with E-state index in [1.54, 1.807) is 26.8 Å². The molecule has 0 aliphatic rings. The zero-order valence-corrected chi connectivity index (χ0v) is 28.5. The van der Waals surface area contributed by atoms with Crippen LogP contribution in [-0.2, 0) is 26.5 Å². The number of fused-ring (bicyclic) bond motifs is 3. The number of hydrogen-bond donors (Lipinski definition) is 0. The predicted molar refractivity (Wildman–Crippen MR) is 166 cm³/mol. The maximum Gasteiger partial charge on any atom is 0 e. The molecule has 0 N–H and O–H groups in total. The fraction of sp³-hybridized carbons (Fsp3) is 0.235. The molecule has 5 nitrogen and oxygen atoms in total. The third-order valence-corrected chi connectivity index (χ3v) is 9.84. The minimum absolute atomic E-state index is 0. The van der Waals surface area contributed by atoms with Gasteiger partial charge in [0.15, 0.2) is 0 Å². The summed E-state index contributed by atoms with van der Waals surface area (Å²) in [7, 11) is 0. The van der Waals surface area contributed by atoms with E-state index in [4.69, 9.17) is 8.53 Å². The first-order chi connectivity index (χ1) is 20.3. The van der Waals surface area contributed by atoms with Gasteiger partial charge in [-0.25, -0.2) is 0 Å². The first-order valence-electron chi connectivity index (χ1n) is 14.7. The molecule has 3 heterocycles. The van der Waals surface area contributed by atoms with Crippen molar-refractivity contribution in [3.8, 4) is 22.8 Å². The molecule has 6 rings (SSSR count). The van der Waals surface area contributed by atoms with Crippen molar-refractivity contribution in [1.82, 2.24) is 19.9 Å². The molecule has 41 heavy (non-hydrogen) atoms. The largest absolute Gasteiger partial charge is 0 e. The minimum atomic E-state index is -1.86. The second kappa shape index (κ2) is 12.8. The summed E-state index contributed by atoms with van der Waals surface area (Å²) in [5.41, 5.74) is 2.25. The Hall–Kier alpha value is -3.19. The van der Waals surface area contributed by atoms with E-state index < -0.39 is 25.1 Å². The van der Waals surface area contributed by atoms with Crippen LogP contribution in [-0.4, -0.2) is 33.2 Å². The molecule has 0 spiro atoms. The molecule has 0 unspecified atom stereocenters. The zero-order chi connectivity index (χ0) is 31.0. The van der Waals surface area contributed by atoms with E-state index >= 15 is 0 Å². The smallest absolute Gasteiger partial charge is 0 e. The van der Waals surface area contributed by atoms with Crippen LogP contribution in [0.15, 0.2) is 89.6 Å². The van der Waals surface area contributed by atoms with Gasteiger partial charge in [-0.2, -0.15) is 0 Å². The van der Waals surface area contributed by atoms with E-state index in [9.17, 15) is 0 Å². The number of rotatable bonds is 4. The Morgan fingerprint density at radius 3 is 2.34 bits per heavy atom. The average molecular weight is 783 g/mol. The van der Waals surface area contributed by atoms with E-state index in [0.717, 1.165) is 27.7 Å². The monoisotopic (exact) mass is 784 g/mol. The Morgan fingerprint density at radius 1 is 0.854 bits per heavy atom. The van der Waals surface area contributed by atoms with Gasteiger partial charge in [0.2, 0.25) is 0 Å². The van der Waals surface area contributed by atoms with Crippen LogP contribution in [0, 0.1) is 17.5 Å². The zero-order valence-electron chi connectivity index (χ0n) is 27.0. The fourth-order valence-electron chi connectivity index (χ4n) is 4.16. The molecular weight excluding hydrogens is 745 g/mol. The number of hydrogen-bond acceptors (Lipinski definition) is 5. The molecule has 211 valence electrons. The maximum atomic E-state index is 8.49. The van der Waals surface area contributed by atoms with Crippen molar-refractivity contribution in [1.29, 1.82) is 0 Å². The van der Waals surface area contributed by atoms with Crippen molar-refractivity contribution < 1.29 is 28.6 Å². The van der Waals surface area contributed by atoms with E-state index in [0.29, 0.717) is 17.0 Å². The van der Waals surface area contributed by atoms with Gasteiger partial charge in [0.1, 0.15) is 5.58 Å². The number of benzene rings is 3. The van der Waals surface area contributed by atoms with Crippen LogP contribution < -0.4 is 4.53 Å². The van der Waals surface area contributed by atoms with Crippen LogP contribution >= 0.6 is 0 Å². The third kappa shape index (κ3) is 7.56. The first kappa shape index (κ1) is 26.7. The third-order valence-electron chi connectivity index (χ3n) is 6.04. The van der Waals surface area contributed by atoms with Gasteiger partial charge in [0.05, 0.1) is 12.8 Å². The van der Waals surface area contributed by atoms with Crippen molar-refractivity contribution in [3.63, 3.8) is 0 Å². The molecule has 6 aromatic rings. The molecule has 0 bridgehead atoms. The molecule has 0 fully saturated rings. The van der Waals surface area contributed by atoms with E-state index in [1.807, 2.05) is 66.9 Å². The minimum Gasteiger partial charge on any atom is 0 e. The number of para-hydroxylation sites is 1. The van der Waals surface area contributed by atoms with Crippen LogP contribution in [0.1, 0.15) is 30.6 Å². The quantitative estimate of drug-likeness (QED) is 0.134. The van der Waals surface area contributed by atoms with Crippen molar-refractivity contribution in [2.24, 2.45) is 5.41 Å². The van der Waals surface area contributed by atoms with Gasteiger partial charge in [0.25, 0.3) is 0 Å². The topological polar surface area (TPSA) is 64.7 Å². The van der Waals surface area contributed by atoms with Crippen LogP contribution in [0.3, 0.4) is 0 Å².